The van der Waals surface area contributed by atoms with E-state index in [1.54, 1.807) is 0 Å². The van der Waals surface area contributed by atoms with Crippen LogP contribution in [-0.2, 0) is 5.41 Å². The Balaban J connectivity index is 1.13. The number of anilines is 3. The fourth-order valence-electron chi connectivity index (χ4n) is 9.35. The van der Waals surface area contributed by atoms with Gasteiger partial charge in [0.2, 0.25) is 0 Å². The second-order valence-electron chi connectivity index (χ2n) is 15.7. The normalized spacial score (nSPS) is 12.9. The highest BCUT2D eigenvalue weighted by Crippen LogP contribution is 2.54. The lowest BCUT2D eigenvalue weighted by Crippen LogP contribution is -2.15. The molecule has 9 aromatic carbocycles. The van der Waals surface area contributed by atoms with E-state index in [1.165, 1.54) is 60.8 Å². The van der Waals surface area contributed by atoms with Crippen LogP contribution in [0.1, 0.15) is 25.0 Å². The minimum Gasteiger partial charge on any atom is -0.456 e. The minimum atomic E-state index is -0.101. The van der Waals surface area contributed by atoms with Crippen molar-refractivity contribution in [2.24, 2.45) is 0 Å². The average Bonchev–Trinajstić information content (AvgIpc) is 3.75. The molecule has 10 aromatic rings. The first-order valence-electron chi connectivity index (χ1n) is 19.8. The van der Waals surface area contributed by atoms with E-state index in [4.69, 9.17) is 4.42 Å². The Labute approximate surface area is 332 Å². The number of hydrogen-bond acceptors (Lipinski definition) is 2. The summed E-state index contributed by atoms with van der Waals surface area (Å²) in [5, 5.41) is 4.77. The lowest BCUT2D eigenvalue weighted by molar-refractivity contribution is 0.661. The number of hydrogen-bond donors (Lipinski definition) is 0. The van der Waals surface area contributed by atoms with Gasteiger partial charge in [0, 0.05) is 39.2 Å². The minimum absolute atomic E-state index is 0.101. The lowest BCUT2D eigenvalue weighted by Gasteiger charge is -2.28. The van der Waals surface area contributed by atoms with Crippen molar-refractivity contribution < 1.29 is 4.42 Å². The second kappa shape index (κ2) is 13.0. The summed E-state index contributed by atoms with van der Waals surface area (Å²) in [7, 11) is 0. The molecule has 0 N–H and O–H groups in total. The van der Waals surface area contributed by atoms with Crippen LogP contribution >= 0.6 is 0 Å². The first-order chi connectivity index (χ1) is 28.0. The van der Waals surface area contributed by atoms with Crippen LogP contribution in [0.3, 0.4) is 0 Å². The number of para-hydroxylation sites is 2. The molecule has 0 spiro atoms. The van der Waals surface area contributed by atoms with Crippen molar-refractivity contribution in [3.05, 3.63) is 211 Å². The fraction of sp³-hybridized carbons (Fsp3) is 0.0545. The molecule has 0 saturated heterocycles. The van der Waals surface area contributed by atoms with E-state index in [0.29, 0.717) is 0 Å². The zero-order valence-electron chi connectivity index (χ0n) is 31.9. The number of furan rings is 1. The molecular formula is C55H39NO. The standard InChI is InChI=1S/C55H39NO/c1-55(2)48-25-13-10-24-47(48)54-49(55)34-38-18-6-7-20-42(38)53(54)37-28-30-39(31-29-37)56(40-32-33-46-45-23-12-15-27-51(45)57-52(46)35-40)50-26-14-11-22-44(50)43-21-9-8-19-41(43)36-16-4-3-5-17-36/h3-35H,1-2H3. The molecule has 57 heavy (non-hydrogen) atoms. The molecule has 1 aliphatic carbocycles. The van der Waals surface area contributed by atoms with Gasteiger partial charge in [0.25, 0.3) is 0 Å². The predicted octanol–water partition coefficient (Wildman–Crippen LogP) is 15.5. The Bertz CT molecular complexity index is 3150. The Hall–Kier alpha value is -7.16. The van der Waals surface area contributed by atoms with E-state index in [-0.39, 0.29) is 5.41 Å². The smallest absolute Gasteiger partial charge is 0.137 e. The van der Waals surface area contributed by atoms with E-state index in [9.17, 15) is 0 Å². The quantitative estimate of drug-likeness (QED) is 0.169. The fourth-order valence-corrected chi connectivity index (χ4v) is 9.35. The molecule has 2 heteroatoms. The Morgan fingerprint density at radius 1 is 0.386 bits per heavy atom. The number of fused-ring (bicyclic) bond motifs is 7. The second-order valence-corrected chi connectivity index (χ2v) is 15.7. The molecule has 0 aliphatic heterocycles. The van der Waals surface area contributed by atoms with E-state index in [2.05, 4.69) is 207 Å². The third-order valence-electron chi connectivity index (χ3n) is 12.1. The van der Waals surface area contributed by atoms with Gasteiger partial charge in [-0.25, -0.2) is 0 Å². The first-order valence-corrected chi connectivity index (χ1v) is 19.8. The van der Waals surface area contributed by atoms with Gasteiger partial charge in [0.1, 0.15) is 11.2 Å². The number of benzene rings is 9. The van der Waals surface area contributed by atoms with Crippen molar-refractivity contribution in [3.8, 4) is 44.5 Å². The molecule has 11 rings (SSSR count). The monoisotopic (exact) mass is 729 g/mol. The van der Waals surface area contributed by atoms with E-state index in [0.717, 1.165) is 44.6 Å². The van der Waals surface area contributed by atoms with Gasteiger partial charge >= 0.3 is 0 Å². The van der Waals surface area contributed by atoms with Crippen LogP contribution in [0.15, 0.2) is 205 Å². The highest BCUT2D eigenvalue weighted by molar-refractivity contribution is 6.09. The van der Waals surface area contributed by atoms with Crippen LogP contribution in [0, 0.1) is 0 Å². The SMILES string of the molecule is CC1(C)c2ccccc2-c2c1cc1ccccc1c2-c1ccc(N(c2ccc3c(c2)oc2ccccc23)c2ccccc2-c2ccccc2-c2ccccc2)cc1. The van der Waals surface area contributed by atoms with Gasteiger partial charge in [-0.1, -0.05) is 166 Å². The van der Waals surface area contributed by atoms with E-state index in [1.807, 2.05) is 12.1 Å². The molecule has 2 nitrogen and oxygen atoms in total. The molecule has 1 aliphatic rings. The van der Waals surface area contributed by atoms with Crippen LogP contribution in [0.25, 0.3) is 77.2 Å². The molecule has 0 bridgehead atoms. The molecule has 0 unspecified atom stereocenters. The summed E-state index contributed by atoms with van der Waals surface area (Å²) in [6.07, 6.45) is 0. The van der Waals surface area contributed by atoms with Crippen molar-refractivity contribution in [2.45, 2.75) is 19.3 Å². The maximum absolute atomic E-state index is 6.49. The molecule has 0 saturated carbocycles. The zero-order valence-corrected chi connectivity index (χ0v) is 31.9. The summed E-state index contributed by atoms with van der Waals surface area (Å²) >= 11 is 0. The Morgan fingerprint density at radius 3 is 1.82 bits per heavy atom. The first kappa shape index (κ1) is 33.2. The van der Waals surface area contributed by atoms with Crippen LogP contribution in [-0.4, -0.2) is 0 Å². The summed E-state index contributed by atoms with van der Waals surface area (Å²) < 4.78 is 6.49. The van der Waals surface area contributed by atoms with Gasteiger partial charge < -0.3 is 9.32 Å². The highest BCUT2D eigenvalue weighted by Gasteiger charge is 2.37. The molecule has 0 fully saturated rings. The summed E-state index contributed by atoms with van der Waals surface area (Å²) in [5.41, 5.74) is 17.5. The van der Waals surface area contributed by atoms with E-state index >= 15 is 0 Å². The average molecular weight is 730 g/mol. The van der Waals surface area contributed by atoms with Crippen molar-refractivity contribution in [1.29, 1.82) is 0 Å². The van der Waals surface area contributed by atoms with Crippen LogP contribution < -0.4 is 4.90 Å². The van der Waals surface area contributed by atoms with Gasteiger partial charge in [0.15, 0.2) is 0 Å². The summed E-state index contributed by atoms with van der Waals surface area (Å²) in [6, 6.07) is 72.6. The van der Waals surface area contributed by atoms with Gasteiger partial charge in [-0.3, -0.25) is 0 Å². The molecule has 1 heterocycles. The van der Waals surface area contributed by atoms with Gasteiger partial charge in [-0.15, -0.1) is 0 Å². The van der Waals surface area contributed by atoms with Crippen LogP contribution in [0.2, 0.25) is 0 Å². The Morgan fingerprint density at radius 2 is 1.00 bits per heavy atom. The van der Waals surface area contributed by atoms with Gasteiger partial charge in [-0.2, -0.15) is 0 Å². The highest BCUT2D eigenvalue weighted by atomic mass is 16.3. The maximum Gasteiger partial charge on any atom is 0.137 e. The third kappa shape index (κ3) is 5.25. The van der Waals surface area contributed by atoms with E-state index < -0.39 is 0 Å². The summed E-state index contributed by atoms with van der Waals surface area (Å²) in [4.78, 5) is 2.39. The topological polar surface area (TPSA) is 16.4 Å². The molecule has 0 atom stereocenters. The molecule has 0 radical (unpaired) electrons. The van der Waals surface area contributed by atoms with Crippen molar-refractivity contribution in [1.82, 2.24) is 0 Å². The number of rotatable bonds is 6. The molecular weight excluding hydrogens is 691 g/mol. The molecule has 1 aromatic heterocycles. The maximum atomic E-state index is 6.49. The van der Waals surface area contributed by atoms with Gasteiger partial charge in [-0.05, 0) is 103 Å². The summed E-state index contributed by atoms with van der Waals surface area (Å²) in [6.45, 7) is 4.73. The van der Waals surface area contributed by atoms with Crippen molar-refractivity contribution in [2.75, 3.05) is 4.90 Å². The predicted molar refractivity (Wildman–Crippen MR) is 240 cm³/mol. The van der Waals surface area contributed by atoms with Crippen molar-refractivity contribution >= 4 is 49.8 Å². The Kier molecular flexibility index (Phi) is 7.55. The van der Waals surface area contributed by atoms with Crippen LogP contribution in [0.4, 0.5) is 17.1 Å². The largest absolute Gasteiger partial charge is 0.456 e. The number of nitrogens with zero attached hydrogens (tertiary/aromatic N) is 1. The van der Waals surface area contributed by atoms with Crippen molar-refractivity contribution in [3.63, 3.8) is 0 Å². The van der Waals surface area contributed by atoms with Gasteiger partial charge in [0.05, 0.1) is 5.69 Å². The summed E-state index contributed by atoms with van der Waals surface area (Å²) in [5.74, 6) is 0. The molecule has 0 amide bonds. The molecule has 270 valence electrons. The third-order valence-corrected chi connectivity index (χ3v) is 12.1. The lowest BCUT2D eigenvalue weighted by atomic mass is 9.80. The zero-order chi connectivity index (χ0) is 38.1. The van der Waals surface area contributed by atoms with Crippen LogP contribution in [0.5, 0.6) is 0 Å².